The van der Waals surface area contributed by atoms with Gasteiger partial charge in [-0.25, -0.2) is 13.9 Å². The molecule has 0 unspecified atom stereocenters. The molecule has 178 valence electrons. The first-order valence-corrected chi connectivity index (χ1v) is 9.23. The maximum atomic E-state index is 13.2. The number of carboxylic acids is 1. The lowest BCUT2D eigenvalue weighted by molar-refractivity contribution is -0.193. The molecule has 1 aliphatic carbocycles. The van der Waals surface area contributed by atoms with Crippen LogP contribution in [0.1, 0.15) is 24.1 Å². The van der Waals surface area contributed by atoms with E-state index in [9.17, 15) is 30.7 Å². The smallest absolute Gasteiger partial charge is 0.475 e. The summed E-state index contributed by atoms with van der Waals surface area (Å²) >= 11 is 0. The van der Waals surface area contributed by atoms with Gasteiger partial charge < -0.3 is 15.2 Å². The number of rotatable bonds is 7. The number of benzene rings is 1. The molecule has 13 heteroatoms. The largest absolute Gasteiger partial charge is 0.490 e. The summed E-state index contributed by atoms with van der Waals surface area (Å²) in [4.78, 5) is 8.90. The van der Waals surface area contributed by atoms with Crippen LogP contribution in [0.15, 0.2) is 30.3 Å². The minimum Gasteiger partial charge on any atom is -0.475 e. The van der Waals surface area contributed by atoms with Gasteiger partial charge in [-0.3, -0.25) is 0 Å². The van der Waals surface area contributed by atoms with Crippen LogP contribution in [0.3, 0.4) is 0 Å². The van der Waals surface area contributed by atoms with Crippen molar-refractivity contribution in [2.24, 2.45) is 5.41 Å². The second-order valence-electron chi connectivity index (χ2n) is 7.16. The van der Waals surface area contributed by atoms with Crippen molar-refractivity contribution in [3.05, 3.63) is 47.4 Å². The van der Waals surface area contributed by atoms with Gasteiger partial charge in [0.15, 0.2) is 0 Å². The quantitative estimate of drug-likeness (QED) is 0.590. The summed E-state index contributed by atoms with van der Waals surface area (Å²) in [7, 11) is 1.73. The van der Waals surface area contributed by atoms with Gasteiger partial charge in [0.25, 0.3) is 0 Å². The highest BCUT2D eigenvalue weighted by Gasteiger charge is 2.63. The molecule has 1 aromatic carbocycles. The molecule has 1 heterocycles. The van der Waals surface area contributed by atoms with Crippen LogP contribution in [-0.4, -0.2) is 40.3 Å². The molecule has 1 fully saturated rings. The van der Waals surface area contributed by atoms with Crippen molar-refractivity contribution in [1.82, 2.24) is 15.1 Å². The average molecular weight is 471 g/mol. The summed E-state index contributed by atoms with van der Waals surface area (Å²) in [5, 5.41) is 14.3. The Kier molecular flexibility index (Phi) is 7.75. The van der Waals surface area contributed by atoms with Gasteiger partial charge in [-0.1, -0.05) is 12.1 Å². The monoisotopic (exact) mass is 471 g/mol. The number of nitrogens with zero attached hydrogens (tertiary/aromatic N) is 2. The molecule has 0 spiro atoms. The van der Waals surface area contributed by atoms with Gasteiger partial charge in [0.05, 0.1) is 17.7 Å². The molecule has 0 radical (unpaired) electrons. The van der Waals surface area contributed by atoms with E-state index in [1.54, 1.807) is 25.2 Å². The van der Waals surface area contributed by atoms with Gasteiger partial charge in [0.2, 0.25) is 5.88 Å². The Morgan fingerprint density at radius 3 is 2.19 bits per heavy atom. The lowest BCUT2D eigenvalue weighted by Gasteiger charge is -2.20. The number of alkyl halides is 6. The van der Waals surface area contributed by atoms with E-state index in [2.05, 4.69) is 10.4 Å². The van der Waals surface area contributed by atoms with Crippen molar-refractivity contribution in [3.63, 3.8) is 0 Å². The van der Waals surface area contributed by atoms with Crippen molar-refractivity contribution in [2.45, 2.75) is 44.9 Å². The van der Waals surface area contributed by atoms with E-state index in [1.165, 1.54) is 16.8 Å². The van der Waals surface area contributed by atoms with E-state index in [-0.39, 0.29) is 37.7 Å². The molecule has 1 aromatic heterocycles. The van der Waals surface area contributed by atoms with E-state index >= 15 is 0 Å². The third kappa shape index (κ3) is 6.84. The Morgan fingerprint density at radius 2 is 1.75 bits per heavy atom. The highest BCUT2D eigenvalue weighted by molar-refractivity contribution is 5.73. The molecule has 1 aliphatic rings. The number of hydrogen-bond acceptors (Lipinski definition) is 4. The standard InChI is InChI=1S/C17H19F4N3O.C2HF3O2/c1-22-9-14-8-15(25-10-12-2-4-13(18)5-3-12)24(23-14)11-16(6-7-16)17(19,20)21;3-2(4,5)1(6)7/h2-5,8,22H,6-7,9-11H2,1H3;(H,6,7). The molecule has 0 aliphatic heterocycles. The molecule has 32 heavy (non-hydrogen) atoms. The normalized spacial score (nSPS) is 15.0. The second-order valence-corrected chi connectivity index (χ2v) is 7.16. The van der Waals surface area contributed by atoms with Crippen molar-refractivity contribution < 1.29 is 45.4 Å². The summed E-state index contributed by atoms with van der Waals surface area (Å²) in [6.45, 7) is 0.307. The molecule has 1 saturated carbocycles. The second kappa shape index (κ2) is 9.76. The highest BCUT2D eigenvalue weighted by Crippen LogP contribution is 2.58. The summed E-state index contributed by atoms with van der Waals surface area (Å²) in [5.41, 5.74) is -0.375. The Bertz CT molecular complexity index is 904. The zero-order valence-electron chi connectivity index (χ0n) is 16.7. The number of hydrogen-bond donors (Lipinski definition) is 2. The van der Waals surface area contributed by atoms with Gasteiger partial charge in [0.1, 0.15) is 12.4 Å². The molecule has 0 saturated heterocycles. The zero-order chi connectivity index (χ0) is 24.2. The van der Waals surface area contributed by atoms with Gasteiger partial charge in [-0.15, -0.1) is 0 Å². The molecule has 0 bridgehead atoms. The number of aliphatic carboxylic acids is 1. The van der Waals surface area contributed by atoms with Crippen LogP contribution in [-0.2, 0) is 24.5 Å². The number of halogens is 7. The van der Waals surface area contributed by atoms with Gasteiger partial charge >= 0.3 is 18.3 Å². The topological polar surface area (TPSA) is 76.4 Å². The number of aromatic nitrogens is 2. The molecule has 0 atom stereocenters. The van der Waals surface area contributed by atoms with E-state index in [0.29, 0.717) is 12.2 Å². The number of carbonyl (C=O) groups is 1. The van der Waals surface area contributed by atoms with E-state index in [1.807, 2.05) is 0 Å². The molecule has 2 aromatic rings. The van der Waals surface area contributed by atoms with Crippen LogP contribution in [0.25, 0.3) is 0 Å². The SMILES string of the molecule is CNCc1cc(OCc2ccc(F)cc2)n(CC2(C(F)(F)F)CC2)n1.O=C(O)C(F)(F)F. The van der Waals surface area contributed by atoms with Crippen molar-refractivity contribution >= 4 is 5.97 Å². The van der Waals surface area contributed by atoms with Gasteiger partial charge in [-0.05, 0) is 37.6 Å². The van der Waals surface area contributed by atoms with Crippen LogP contribution >= 0.6 is 0 Å². The minimum absolute atomic E-state index is 0.106. The zero-order valence-corrected chi connectivity index (χ0v) is 16.7. The lowest BCUT2D eigenvalue weighted by Crippen LogP contribution is -2.30. The summed E-state index contributed by atoms with van der Waals surface area (Å²) in [6, 6.07) is 7.40. The third-order valence-electron chi connectivity index (χ3n) is 4.60. The van der Waals surface area contributed by atoms with Crippen LogP contribution in [0.4, 0.5) is 30.7 Å². The Balaban J connectivity index is 0.000000451. The van der Waals surface area contributed by atoms with Crippen LogP contribution in [0, 0.1) is 11.2 Å². The number of nitrogens with one attached hydrogen (secondary N) is 1. The highest BCUT2D eigenvalue weighted by atomic mass is 19.4. The van der Waals surface area contributed by atoms with Crippen LogP contribution in [0.2, 0.25) is 0 Å². The van der Waals surface area contributed by atoms with Gasteiger partial charge in [0, 0.05) is 12.6 Å². The van der Waals surface area contributed by atoms with Crippen molar-refractivity contribution in [3.8, 4) is 5.88 Å². The summed E-state index contributed by atoms with van der Waals surface area (Å²) in [6.07, 6.45) is -9.12. The first-order valence-electron chi connectivity index (χ1n) is 9.23. The van der Waals surface area contributed by atoms with Crippen molar-refractivity contribution in [2.75, 3.05) is 7.05 Å². The molecular formula is C19H20F7N3O3. The van der Waals surface area contributed by atoms with E-state index in [0.717, 1.165) is 5.56 Å². The fraction of sp³-hybridized carbons (Fsp3) is 0.474. The van der Waals surface area contributed by atoms with Crippen LogP contribution < -0.4 is 10.1 Å². The van der Waals surface area contributed by atoms with Crippen molar-refractivity contribution in [1.29, 1.82) is 0 Å². The first kappa shape index (κ1) is 25.4. The first-order chi connectivity index (χ1) is 14.8. The maximum Gasteiger partial charge on any atom is 0.490 e. The van der Waals surface area contributed by atoms with E-state index in [4.69, 9.17) is 14.6 Å². The molecular weight excluding hydrogens is 451 g/mol. The Hall–Kier alpha value is -2.83. The molecule has 6 nitrogen and oxygen atoms in total. The summed E-state index contributed by atoms with van der Waals surface area (Å²) < 4.78 is 91.3. The fourth-order valence-corrected chi connectivity index (χ4v) is 2.65. The lowest BCUT2D eigenvalue weighted by atomic mass is 10.1. The molecule has 2 N–H and O–H groups in total. The number of carboxylic acid groups (broad SMARTS) is 1. The molecule has 3 rings (SSSR count). The minimum atomic E-state index is -5.08. The predicted octanol–water partition coefficient (Wildman–Crippen LogP) is 4.30. The van der Waals surface area contributed by atoms with Gasteiger partial charge in [-0.2, -0.15) is 31.4 Å². The Morgan fingerprint density at radius 1 is 1.19 bits per heavy atom. The fourth-order valence-electron chi connectivity index (χ4n) is 2.65. The Labute approximate surface area is 178 Å². The average Bonchev–Trinajstić information content (AvgIpc) is 3.37. The predicted molar refractivity (Wildman–Crippen MR) is 97.1 cm³/mol. The number of ether oxygens (including phenoxy) is 1. The van der Waals surface area contributed by atoms with E-state index < -0.39 is 23.7 Å². The third-order valence-corrected chi connectivity index (χ3v) is 4.60. The molecule has 0 amide bonds. The summed E-state index contributed by atoms with van der Waals surface area (Å²) in [5.74, 6) is -2.83. The van der Waals surface area contributed by atoms with Crippen LogP contribution in [0.5, 0.6) is 5.88 Å². The maximum absolute atomic E-state index is 13.2.